The Bertz CT molecular complexity index is 636. The van der Waals surface area contributed by atoms with Gasteiger partial charge >= 0.3 is 0 Å². The van der Waals surface area contributed by atoms with Crippen molar-refractivity contribution in [2.24, 2.45) is 10.7 Å². The van der Waals surface area contributed by atoms with Crippen LogP contribution >= 0.6 is 0 Å². The molecule has 0 saturated carbocycles. The monoisotopic (exact) mass is 284 g/mol. The molecule has 2 aromatic carbocycles. The van der Waals surface area contributed by atoms with Crippen LogP contribution in [0.4, 0.5) is 5.69 Å². The first-order valence-corrected chi connectivity index (χ1v) is 6.36. The molecule has 21 heavy (non-hydrogen) atoms. The highest BCUT2D eigenvalue weighted by atomic mass is 16.5. The van der Waals surface area contributed by atoms with Crippen molar-refractivity contribution in [2.75, 3.05) is 13.7 Å². The minimum atomic E-state index is -0.501. The summed E-state index contributed by atoms with van der Waals surface area (Å²) < 4.78 is 10.3. The Balaban J connectivity index is 2.02. The first-order chi connectivity index (χ1) is 10.2. The average Bonchev–Trinajstić information content (AvgIpc) is 2.52. The maximum atomic E-state index is 10.6. The molecule has 0 aliphatic rings. The Morgan fingerprint density at radius 2 is 1.95 bits per heavy atom. The van der Waals surface area contributed by atoms with E-state index in [0.29, 0.717) is 5.75 Å². The summed E-state index contributed by atoms with van der Waals surface area (Å²) in [4.78, 5) is 15.0. The summed E-state index contributed by atoms with van der Waals surface area (Å²) in [5.41, 5.74) is 6.74. The topological polar surface area (TPSA) is 73.9 Å². The van der Waals surface area contributed by atoms with E-state index in [0.717, 1.165) is 17.0 Å². The van der Waals surface area contributed by atoms with Gasteiger partial charge < -0.3 is 15.2 Å². The van der Waals surface area contributed by atoms with E-state index < -0.39 is 5.91 Å². The zero-order valence-corrected chi connectivity index (χ0v) is 11.7. The van der Waals surface area contributed by atoms with E-state index in [1.165, 1.54) is 0 Å². The van der Waals surface area contributed by atoms with Gasteiger partial charge in [0.15, 0.2) is 6.61 Å². The van der Waals surface area contributed by atoms with Gasteiger partial charge in [0.2, 0.25) is 0 Å². The van der Waals surface area contributed by atoms with Crippen molar-refractivity contribution >= 4 is 17.8 Å². The molecule has 5 nitrogen and oxygen atoms in total. The molecule has 0 fully saturated rings. The van der Waals surface area contributed by atoms with Gasteiger partial charge in [0.25, 0.3) is 5.91 Å². The van der Waals surface area contributed by atoms with Crippen LogP contribution in [0, 0.1) is 0 Å². The fraction of sp³-hybridized carbons (Fsp3) is 0.125. The number of aliphatic imine (C=N–C) groups is 1. The molecular formula is C16H16N2O3. The van der Waals surface area contributed by atoms with Crippen LogP contribution in [0.3, 0.4) is 0 Å². The predicted molar refractivity (Wildman–Crippen MR) is 81.4 cm³/mol. The van der Waals surface area contributed by atoms with Crippen molar-refractivity contribution in [3.8, 4) is 11.5 Å². The molecule has 108 valence electrons. The van der Waals surface area contributed by atoms with Gasteiger partial charge in [0.1, 0.15) is 11.5 Å². The number of nitrogens with two attached hydrogens (primary N) is 1. The molecule has 0 heterocycles. The smallest absolute Gasteiger partial charge is 0.255 e. The molecule has 0 aliphatic heterocycles. The highest BCUT2D eigenvalue weighted by Crippen LogP contribution is 2.19. The van der Waals surface area contributed by atoms with E-state index in [1.54, 1.807) is 25.5 Å². The van der Waals surface area contributed by atoms with E-state index in [-0.39, 0.29) is 6.61 Å². The molecule has 0 aromatic heterocycles. The van der Waals surface area contributed by atoms with E-state index in [2.05, 4.69) is 4.99 Å². The van der Waals surface area contributed by atoms with Crippen molar-refractivity contribution in [3.05, 3.63) is 54.1 Å². The Kier molecular flexibility index (Phi) is 4.93. The van der Waals surface area contributed by atoms with Gasteiger partial charge in [-0.05, 0) is 42.0 Å². The summed E-state index contributed by atoms with van der Waals surface area (Å²) in [6.45, 7) is -0.128. The molecule has 0 spiro atoms. The number of benzene rings is 2. The molecule has 0 unspecified atom stereocenters. The molecule has 2 N–H and O–H groups in total. The molecule has 0 radical (unpaired) electrons. The Morgan fingerprint density at radius 1 is 1.19 bits per heavy atom. The summed E-state index contributed by atoms with van der Waals surface area (Å²) in [5.74, 6) is 0.853. The zero-order chi connectivity index (χ0) is 15.1. The molecule has 0 aliphatic carbocycles. The van der Waals surface area contributed by atoms with Gasteiger partial charge in [-0.3, -0.25) is 9.79 Å². The molecule has 1 amide bonds. The lowest BCUT2D eigenvalue weighted by molar-refractivity contribution is -0.119. The second kappa shape index (κ2) is 7.09. The summed E-state index contributed by atoms with van der Waals surface area (Å²) in [7, 11) is 1.62. The van der Waals surface area contributed by atoms with Crippen molar-refractivity contribution in [3.63, 3.8) is 0 Å². The Hall–Kier alpha value is -2.82. The largest absolute Gasteiger partial charge is 0.497 e. The minimum absolute atomic E-state index is 0.128. The van der Waals surface area contributed by atoms with Crippen LogP contribution in [0.25, 0.3) is 0 Å². The summed E-state index contributed by atoms with van der Waals surface area (Å²) in [6.07, 6.45) is 1.74. The number of primary amides is 1. The van der Waals surface area contributed by atoms with Gasteiger partial charge in [-0.15, -0.1) is 0 Å². The molecule has 0 atom stereocenters. The maximum Gasteiger partial charge on any atom is 0.255 e. The van der Waals surface area contributed by atoms with Crippen molar-refractivity contribution in [1.82, 2.24) is 0 Å². The first kappa shape index (κ1) is 14.6. The number of hydrogen-bond donors (Lipinski definition) is 1. The van der Waals surface area contributed by atoms with Crippen LogP contribution in [-0.2, 0) is 4.79 Å². The number of amides is 1. The average molecular weight is 284 g/mol. The van der Waals surface area contributed by atoms with Gasteiger partial charge in [-0.25, -0.2) is 0 Å². The number of carbonyl (C=O) groups is 1. The van der Waals surface area contributed by atoms with Crippen LogP contribution in [0.5, 0.6) is 11.5 Å². The lowest BCUT2D eigenvalue weighted by Crippen LogP contribution is -2.19. The van der Waals surface area contributed by atoms with Crippen LogP contribution in [-0.4, -0.2) is 25.8 Å². The molecule has 0 saturated heterocycles. The number of carbonyl (C=O) groups excluding carboxylic acids is 1. The summed E-state index contributed by atoms with van der Waals surface area (Å²) in [5, 5.41) is 0. The first-order valence-electron chi connectivity index (χ1n) is 6.36. The van der Waals surface area contributed by atoms with E-state index in [9.17, 15) is 4.79 Å². The maximum absolute atomic E-state index is 10.6. The highest BCUT2D eigenvalue weighted by molar-refractivity contribution is 5.82. The predicted octanol–water partition coefficient (Wildman–Crippen LogP) is 2.31. The second-order valence-corrected chi connectivity index (χ2v) is 4.28. The third-order valence-electron chi connectivity index (χ3n) is 2.68. The number of rotatable bonds is 6. The van der Waals surface area contributed by atoms with Crippen LogP contribution in [0.15, 0.2) is 53.5 Å². The van der Waals surface area contributed by atoms with Crippen LogP contribution in [0.2, 0.25) is 0 Å². The lowest BCUT2D eigenvalue weighted by atomic mass is 10.2. The second-order valence-electron chi connectivity index (χ2n) is 4.28. The van der Waals surface area contributed by atoms with Gasteiger partial charge in [0.05, 0.1) is 12.8 Å². The molecule has 5 heteroatoms. The SMILES string of the molecule is COc1cccc(N=Cc2ccc(OCC(N)=O)cc2)c1. The third-order valence-corrected chi connectivity index (χ3v) is 2.68. The number of hydrogen-bond acceptors (Lipinski definition) is 4. The quantitative estimate of drug-likeness (QED) is 0.827. The van der Waals surface area contributed by atoms with Crippen molar-refractivity contribution in [1.29, 1.82) is 0 Å². The Morgan fingerprint density at radius 3 is 2.62 bits per heavy atom. The summed E-state index contributed by atoms with van der Waals surface area (Å²) >= 11 is 0. The van der Waals surface area contributed by atoms with E-state index in [4.69, 9.17) is 15.2 Å². The van der Waals surface area contributed by atoms with Crippen LogP contribution < -0.4 is 15.2 Å². The Labute approximate surface area is 123 Å². The number of ether oxygens (including phenoxy) is 2. The molecule has 2 rings (SSSR count). The fourth-order valence-corrected chi connectivity index (χ4v) is 1.64. The lowest BCUT2D eigenvalue weighted by Gasteiger charge is -2.03. The zero-order valence-electron chi connectivity index (χ0n) is 11.7. The minimum Gasteiger partial charge on any atom is -0.497 e. The third kappa shape index (κ3) is 4.65. The van der Waals surface area contributed by atoms with Gasteiger partial charge in [-0.1, -0.05) is 6.07 Å². The molecule has 0 bridgehead atoms. The van der Waals surface area contributed by atoms with E-state index in [1.807, 2.05) is 36.4 Å². The molecule has 2 aromatic rings. The van der Waals surface area contributed by atoms with Gasteiger partial charge in [-0.2, -0.15) is 0 Å². The normalized spacial score (nSPS) is 10.5. The fourth-order valence-electron chi connectivity index (χ4n) is 1.64. The van der Waals surface area contributed by atoms with Gasteiger partial charge in [0, 0.05) is 12.3 Å². The summed E-state index contributed by atoms with van der Waals surface area (Å²) in [6, 6.07) is 14.7. The number of methoxy groups -OCH3 is 1. The highest BCUT2D eigenvalue weighted by Gasteiger charge is 1.97. The van der Waals surface area contributed by atoms with Crippen LogP contribution in [0.1, 0.15) is 5.56 Å². The van der Waals surface area contributed by atoms with Crippen molar-refractivity contribution < 1.29 is 14.3 Å². The molecular weight excluding hydrogens is 268 g/mol. The number of nitrogens with zero attached hydrogens (tertiary/aromatic N) is 1. The van der Waals surface area contributed by atoms with E-state index >= 15 is 0 Å². The standard InChI is InChI=1S/C16H16N2O3/c1-20-15-4-2-3-13(9-15)18-10-12-5-7-14(8-6-12)21-11-16(17)19/h2-10H,11H2,1H3,(H2,17,19). The van der Waals surface area contributed by atoms with Crippen molar-refractivity contribution in [2.45, 2.75) is 0 Å².